The van der Waals surface area contributed by atoms with Crippen LogP contribution in [0.2, 0.25) is 0 Å². The van der Waals surface area contributed by atoms with Gasteiger partial charge >= 0.3 is 7.60 Å². The molecule has 0 amide bonds. The number of anilines is 1. The molecule has 0 spiro atoms. The van der Waals surface area contributed by atoms with E-state index in [-0.39, 0.29) is 0 Å². The number of nitrogen functional groups attached to an aromatic ring is 1. The van der Waals surface area contributed by atoms with Crippen LogP contribution >= 0.6 is 7.60 Å². The third-order valence-corrected chi connectivity index (χ3v) is 6.12. The van der Waals surface area contributed by atoms with Crippen molar-refractivity contribution >= 4 is 13.3 Å². The fourth-order valence-corrected chi connectivity index (χ4v) is 4.50. The molecular formula is C22H21N4O3P. The second kappa shape index (κ2) is 7.88. The lowest BCUT2D eigenvalue weighted by molar-refractivity contribution is 0.364. The van der Waals surface area contributed by atoms with Gasteiger partial charge in [-0.15, -0.1) is 5.10 Å². The molecule has 1 aromatic heterocycles. The lowest BCUT2D eigenvalue weighted by Gasteiger charge is -2.20. The highest BCUT2D eigenvalue weighted by Crippen LogP contribution is 2.55. The average Bonchev–Trinajstić information content (AvgIpc) is 3.19. The summed E-state index contributed by atoms with van der Waals surface area (Å²) in [5.41, 5.74) is 9.64. The second-order valence-electron chi connectivity index (χ2n) is 7.17. The Balaban J connectivity index is 1.73. The normalized spacial score (nSPS) is 12.6. The van der Waals surface area contributed by atoms with Crippen LogP contribution < -0.4 is 5.73 Å². The van der Waals surface area contributed by atoms with Gasteiger partial charge < -0.3 is 15.5 Å². The number of rotatable bonds is 5. The summed E-state index contributed by atoms with van der Waals surface area (Å²) < 4.78 is 13.9. The molecule has 1 heterocycles. The Bertz CT molecular complexity index is 1230. The molecule has 0 aliphatic carbocycles. The Morgan fingerprint density at radius 3 is 2.40 bits per heavy atom. The van der Waals surface area contributed by atoms with Gasteiger partial charge in [-0.3, -0.25) is 4.57 Å². The first-order chi connectivity index (χ1) is 14.3. The van der Waals surface area contributed by atoms with Crippen LogP contribution in [0.3, 0.4) is 0 Å². The maximum Gasteiger partial charge on any atom is 0.337 e. The summed E-state index contributed by atoms with van der Waals surface area (Å²) in [6, 6.07) is 21.5. The van der Waals surface area contributed by atoms with Crippen LogP contribution in [0.4, 0.5) is 5.69 Å². The number of aromatic nitrogens is 3. The van der Waals surface area contributed by atoms with Crippen LogP contribution in [0.25, 0.3) is 16.9 Å². The smallest absolute Gasteiger partial charge is 0.337 e. The van der Waals surface area contributed by atoms with E-state index in [2.05, 4.69) is 10.3 Å². The topological polar surface area (TPSA) is 114 Å². The van der Waals surface area contributed by atoms with Crippen molar-refractivity contribution in [2.75, 3.05) is 5.73 Å². The van der Waals surface area contributed by atoms with Crippen molar-refractivity contribution in [1.82, 2.24) is 15.0 Å². The third-order valence-electron chi connectivity index (χ3n) is 4.86. The molecule has 0 aliphatic rings. The quantitative estimate of drug-likeness (QED) is 0.331. The second-order valence-corrected chi connectivity index (χ2v) is 8.87. The molecule has 0 saturated carbocycles. The Morgan fingerprint density at radius 1 is 0.967 bits per heavy atom. The van der Waals surface area contributed by atoms with E-state index < -0.39 is 13.3 Å². The molecule has 3 aromatic carbocycles. The standard InChI is InChI=1S/C22H21N4O3P/c1-15-8-10-16(11-9-15)22(30(27,28)29)18-5-3-7-20(13-18)26-14-21(24-25-26)17-4-2-6-19(23)12-17/h2-14,22H,23H2,1H3,(H2,27,28,29). The number of hydrogen-bond donors (Lipinski definition) is 3. The van der Waals surface area contributed by atoms with E-state index in [1.54, 1.807) is 47.3 Å². The van der Waals surface area contributed by atoms with E-state index >= 15 is 0 Å². The minimum atomic E-state index is -4.45. The highest BCUT2D eigenvalue weighted by atomic mass is 31.2. The highest BCUT2D eigenvalue weighted by Gasteiger charge is 2.32. The van der Waals surface area contributed by atoms with Crippen molar-refractivity contribution < 1.29 is 14.4 Å². The summed E-state index contributed by atoms with van der Waals surface area (Å²) in [4.78, 5) is 20.1. The molecule has 1 unspecified atom stereocenters. The van der Waals surface area contributed by atoms with Gasteiger partial charge in [0.25, 0.3) is 0 Å². The number of nitrogens with two attached hydrogens (primary N) is 1. The summed E-state index contributed by atoms with van der Waals surface area (Å²) in [5, 5.41) is 8.37. The minimum Gasteiger partial charge on any atom is -0.399 e. The maximum atomic E-state index is 12.3. The third kappa shape index (κ3) is 4.19. The van der Waals surface area contributed by atoms with Gasteiger partial charge in [0.1, 0.15) is 11.4 Å². The van der Waals surface area contributed by atoms with Crippen molar-refractivity contribution in [1.29, 1.82) is 0 Å². The first-order valence-corrected chi connectivity index (χ1v) is 11.0. The molecular weight excluding hydrogens is 399 g/mol. The van der Waals surface area contributed by atoms with E-state index in [4.69, 9.17) is 5.73 Å². The Morgan fingerprint density at radius 2 is 1.70 bits per heavy atom. The van der Waals surface area contributed by atoms with Crippen molar-refractivity contribution in [2.24, 2.45) is 0 Å². The van der Waals surface area contributed by atoms with Crippen molar-refractivity contribution in [3.63, 3.8) is 0 Å². The number of nitrogens with zero attached hydrogens (tertiary/aromatic N) is 3. The van der Waals surface area contributed by atoms with Crippen molar-refractivity contribution in [3.05, 3.63) is 95.7 Å². The molecule has 0 aliphatic heterocycles. The zero-order valence-corrected chi connectivity index (χ0v) is 17.1. The van der Waals surface area contributed by atoms with Gasteiger partial charge in [-0.2, -0.15) is 0 Å². The van der Waals surface area contributed by atoms with E-state index in [1.807, 2.05) is 43.3 Å². The fraction of sp³-hybridized carbons (Fsp3) is 0.0909. The first kappa shape index (κ1) is 20.0. The molecule has 4 rings (SSSR count). The van der Waals surface area contributed by atoms with Gasteiger partial charge in [-0.05, 0) is 42.3 Å². The predicted molar refractivity (Wildman–Crippen MR) is 116 cm³/mol. The molecule has 152 valence electrons. The number of benzene rings is 3. The van der Waals surface area contributed by atoms with E-state index in [0.29, 0.717) is 28.2 Å². The Hall–Kier alpha value is -3.25. The molecule has 4 N–H and O–H groups in total. The van der Waals surface area contributed by atoms with Crippen LogP contribution in [0.5, 0.6) is 0 Å². The summed E-state index contributed by atoms with van der Waals surface area (Å²) in [7, 11) is -4.45. The molecule has 0 radical (unpaired) electrons. The van der Waals surface area contributed by atoms with Gasteiger partial charge in [0.2, 0.25) is 0 Å². The summed E-state index contributed by atoms with van der Waals surface area (Å²) in [6.45, 7) is 1.93. The Kier molecular flexibility index (Phi) is 5.26. The van der Waals surface area contributed by atoms with Gasteiger partial charge in [-0.1, -0.05) is 59.3 Å². The largest absolute Gasteiger partial charge is 0.399 e. The van der Waals surface area contributed by atoms with Crippen LogP contribution in [0.15, 0.2) is 79.0 Å². The molecule has 4 aromatic rings. The monoisotopic (exact) mass is 420 g/mol. The van der Waals surface area contributed by atoms with E-state index in [0.717, 1.165) is 11.1 Å². The molecule has 0 fully saturated rings. The van der Waals surface area contributed by atoms with Crippen LogP contribution in [-0.2, 0) is 4.57 Å². The molecule has 8 heteroatoms. The highest BCUT2D eigenvalue weighted by molar-refractivity contribution is 7.52. The SMILES string of the molecule is Cc1ccc(C(c2cccc(-n3cc(-c4cccc(N)c4)nn3)c2)P(=O)(O)O)cc1. The van der Waals surface area contributed by atoms with Crippen molar-refractivity contribution in [3.8, 4) is 16.9 Å². The molecule has 0 bridgehead atoms. The van der Waals surface area contributed by atoms with Gasteiger partial charge in [0, 0.05) is 11.3 Å². The van der Waals surface area contributed by atoms with E-state index in [9.17, 15) is 14.4 Å². The van der Waals surface area contributed by atoms with Gasteiger partial charge in [0.15, 0.2) is 0 Å². The van der Waals surface area contributed by atoms with Crippen LogP contribution in [0, 0.1) is 6.92 Å². The zero-order chi connectivity index (χ0) is 21.3. The average molecular weight is 420 g/mol. The molecule has 1 atom stereocenters. The van der Waals surface area contributed by atoms with Crippen molar-refractivity contribution in [2.45, 2.75) is 12.6 Å². The molecule has 30 heavy (non-hydrogen) atoms. The molecule has 7 nitrogen and oxygen atoms in total. The number of aryl methyl sites for hydroxylation is 1. The van der Waals surface area contributed by atoms with Crippen LogP contribution in [0.1, 0.15) is 22.3 Å². The van der Waals surface area contributed by atoms with Gasteiger partial charge in [0.05, 0.1) is 11.9 Å². The summed E-state index contributed by atoms with van der Waals surface area (Å²) in [5.74, 6) is 0. The first-order valence-electron chi connectivity index (χ1n) is 9.31. The van der Waals surface area contributed by atoms with E-state index in [1.165, 1.54) is 0 Å². The summed E-state index contributed by atoms with van der Waals surface area (Å²) in [6.07, 6.45) is 1.76. The molecule has 0 saturated heterocycles. The minimum absolute atomic E-state index is 0.505. The predicted octanol–water partition coefficient (Wildman–Crippen LogP) is 4.09. The van der Waals surface area contributed by atoms with Crippen LogP contribution in [-0.4, -0.2) is 24.8 Å². The Labute approximate surface area is 174 Å². The number of hydrogen-bond acceptors (Lipinski definition) is 4. The summed E-state index contributed by atoms with van der Waals surface area (Å²) >= 11 is 0. The fourth-order valence-electron chi connectivity index (χ4n) is 3.39. The maximum absolute atomic E-state index is 12.3. The zero-order valence-electron chi connectivity index (χ0n) is 16.3. The lowest BCUT2D eigenvalue weighted by Crippen LogP contribution is -2.04. The lowest BCUT2D eigenvalue weighted by atomic mass is 10.0. The van der Waals surface area contributed by atoms with Gasteiger partial charge in [-0.25, -0.2) is 4.68 Å².